The zero-order valence-corrected chi connectivity index (χ0v) is 7.96. The summed E-state index contributed by atoms with van der Waals surface area (Å²) in [4.78, 5) is 21.5. The number of carbonyl (C=O) groups is 2. The Morgan fingerprint density at radius 2 is 2.00 bits per heavy atom. The number of methoxy groups -OCH3 is 2. The summed E-state index contributed by atoms with van der Waals surface area (Å²) in [5.74, 6) is -0.841. The van der Waals surface area contributed by atoms with E-state index in [-0.39, 0.29) is 12.3 Å². The van der Waals surface area contributed by atoms with Gasteiger partial charge in [0.1, 0.15) is 6.42 Å². The zero-order chi connectivity index (χ0) is 10.1. The Labute approximate surface area is 77.4 Å². The van der Waals surface area contributed by atoms with Gasteiger partial charge in [-0.05, 0) is 6.42 Å². The normalized spacial score (nSPS) is 9.38. The van der Waals surface area contributed by atoms with Gasteiger partial charge in [0, 0.05) is 20.3 Å². The molecule has 0 atom stereocenters. The van der Waals surface area contributed by atoms with E-state index in [1.165, 1.54) is 7.11 Å². The van der Waals surface area contributed by atoms with Crippen LogP contribution in [0.3, 0.4) is 0 Å². The summed E-state index contributed by atoms with van der Waals surface area (Å²) in [6.07, 6.45) is 0.521. The van der Waals surface area contributed by atoms with E-state index >= 15 is 0 Å². The third-order valence-corrected chi connectivity index (χ3v) is 1.38. The van der Waals surface area contributed by atoms with Gasteiger partial charge in [0.05, 0.1) is 7.11 Å². The Hall–Kier alpha value is -1.10. The fourth-order valence-corrected chi connectivity index (χ4v) is 0.710. The maximum absolute atomic E-state index is 10.9. The number of hydrogen-bond donors (Lipinski definition) is 1. The third kappa shape index (κ3) is 7.27. The molecule has 0 spiro atoms. The van der Waals surface area contributed by atoms with E-state index in [2.05, 4.69) is 10.1 Å². The molecule has 0 unspecified atom stereocenters. The summed E-state index contributed by atoms with van der Waals surface area (Å²) >= 11 is 0. The molecular formula is C8H15NO4. The molecule has 0 aromatic heterocycles. The molecule has 0 radical (unpaired) electrons. The molecule has 0 bridgehead atoms. The number of hydrogen-bond acceptors (Lipinski definition) is 4. The van der Waals surface area contributed by atoms with Gasteiger partial charge in [-0.2, -0.15) is 0 Å². The fourth-order valence-electron chi connectivity index (χ4n) is 0.710. The number of rotatable bonds is 6. The van der Waals surface area contributed by atoms with E-state index in [0.717, 1.165) is 6.42 Å². The number of amides is 1. The van der Waals surface area contributed by atoms with Gasteiger partial charge in [-0.25, -0.2) is 0 Å². The lowest BCUT2D eigenvalue weighted by Gasteiger charge is -2.03. The summed E-state index contributed by atoms with van der Waals surface area (Å²) in [6.45, 7) is 1.11. The highest BCUT2D eigenvalue weighted by Crippen LogP contribution is 1.84. The van der Waals surface area contributed by atoms with Crippen LogP contribution in [0.5, 0.6) is 0 Å². The van der Waals surface area contributed by atoms with Gasteiger partial charge < -0.3 is 14.8 Å². The van der Waals surface area contributed by atoms with Gasteiger partial charge in [0.25, 0.3) is 0 Å². The molecule has 0 saturated carbocycles. The SMILES string of the molecule is COCCCNC(=O)CC(=O)OC. The van der Waals surface area contributed by atoms with Crippen LogP contribution in [0.25, 0.3) is 0 Å². The molecular weight excluding hydrogens is 174 g/mol. The van der Waals surface area contributed by atoms with Crippen molar-refractivity contribution in [3.63, 3.8) is 0 Å². The molecule has 5 heteroatoms. The van der Waals surface area contributed by atoms with Crippen LogP contribution in [0.2, 0.25) is 0 Å². The Balaban J connectivity index is 3.35. The average Bonchev–Trinajstić information content (AvgIpc) is 2.12. The van der Waals surface area contributed by atoms with Crippen LogP contribution in [0.1, 0.15) is 12.8 Å². The van der Waals surface area contributed by atoms with Crippen LogP contribution in [0.4, 0.5) is 0 Å². The van der Waals surface area contributed by atoms with Crippen LogP contribution in [0, 0.1) is 0 Å². The molecule has 0 heterocycles. The van der Waals surface area contributed by atoms with Crippen molar-refractivity contribution in [2.24, 2.45) is 0 Å². The molecule has 0 rings (SSSR count). The lowest BCUT2D eigenvalue weighted by molar-refractivity contribution is -0.143. The van der Waals surface area contributed by atoms with Crippen molar-refractivity contribution in [1.82, 2.24) is 5.32 Å². The molecule has 0 aliphatic heterocycles. The van der Waals surface area contributed by atoms with Gasteiger partial charge in [-0.15, -0.1) is 0 Å². The molecule has 0 fully saturated rings. The lowest BCUT2D eigenvalue weighted by Crippen LogP contribution is -2.27. The molecule has 13 heavy (non-hydrogen) atoms. The van der Waals surface area contributed by atoms with E-state index in [4.69, 9.17) is 4.74 Å². The summed E-state index contributed by atoms with van der Waals surface area (Å²) in [5, 5.41) is 2.56. The zero-order valence-electron chi connectivity index (χ0n) is 7.96. The van der Waals surface area contributed by atoms with E-state index in [9.17, 15) is 9.59 Å². The Morgan fingerprint density at radius 3 is 2.54 bits per heavy atom. The van der Waals surface area contributed by atoms with Crippen LogP contribution in [-0.4, -0.2) is 39.2 Å². The molecule has 0 aliphatic carbocycles. The van der Waals surface area contributed by atoms with Crippen molar-refractivity contribution in [2.45, 2.75) is 12.8 Å². The molecule has 1 amide bonds. The molecule has 0 saturated heterocycles. The first kappa shape index (κ1) is 11.9. The molecule has 1 N–H and O–H groups in total. The second-order valence-electron chi connectivity index (χ2n) is 2.45. The van der Waals surface area contributed by atoms with Crippen molar-refractivity contribution in [3.05, 3.63) is 0 Å². The van der Waals surface area contributed by atoms with Crippen LogP contribution >= 0.6 is 0 Å². The summed E-state index contributed by atoms with van der Waals surface area (Å²) in [7, 11) is 2.84. The number of carbonyl (C=O) groups excluding carboxylic acids is 2. The van der Waals surface area contributed by atoms with Crippen molar-refractivity contribution in [3.8, 4) is 0 Å². The minimum Gasteiger partial charge on any atom is -0.469 e. The highest BCUT2D eigenvalue weighted by atomic mass is 16.5. The molecule has 0 aliphatic rings. The molecule has 5 nitrogen and oxygen atoms in total. The standard InChI is InChI=1S/C8H15NO4/c1-12-5-3-4-9-7(10)6-8(11)13-2/h3-6H2,1-2H3,(H,9,10). The van der Waals surface area contributed by atoms with Crippen LogP contribution < -0.4 is 5.32 Å². The fraction of sp³-hybridized carbons (Fsp3) is 0.750. The van der Waals surface area contributed by atoms with Crippen LogP contribution in [-0.2, 0) is 19.1 Å². The minimum absolute atomic E-state index is 0.219. The topological polar surface area (TPSA) is 64.6 Å². The summed E-state index contributed by atoms with van der Waals surface area (Å²) in [5.41, 5.74) is 0. The first-order valence-electron chi connectivity index (χ1n) is 4.03. The highest BCUT2D eigenvalue weighted by Gasteiger charge is 2.07. The van der Waals surface area contributed by atoms with Crippen molar-refractivity contribution in [2.75, 3.05) is 27.4 Å². The van der Waals surface area contributed by atoms with E-state index in [0.29, 0.717) is 13.2 Å². The lowest BCUT2D eigenvalue weighted by atomic mass is 10.4. The number of nitrogens with one attached hydrogen (secondary N) is 1. The summed E-state index contributed by atoms with van der Waals surface area (Å²) < 4.78 is 9.11. The van der Waals surface area contributed by atoms with Gasteiger partial charge in [0.2, 0.25) is 5.91 Å². The van der Waals surface area contributed by atoms with Crippen molar-refractivity contribution in [1.29, 1.82) is 0 Å². The highest BCUT2D eigenvalue weighted by molar-refractivity contribution is 5.94. The first-order chi connectivity index (χ1) is 6.20. The number of esters is 1. The van der Waals surface area contributed by atoms with Gasteiger partial charge in [0.15, 0.2) is 0 Å². The molecule has 0 aromatic carbocycles. The minimum atomic E-state index is -0.524. The van der Waals surface area contributed by atoms with Crippen molar-refractivity contribution >= 4 is 11.9 Å². The van der Waals surface area contributed by atoms with E-state index in [1.54, 1.807) is 7.11 Å². The monoisotopic (exact) mass is 189 g/mol. The largest absolute Gasteiger partial charge is 0.469 e. The van der Waals surface area contributed by atoms with E-state index < -0.39 is 5.97 Å². The van der Waals surface area contributed by atoms with Gasteiger partial charge in [-0.1, -0.05) is 0 Å². The predicted molar refractivity (Wildman–Crippen MR) is 46.1 cm³/mol. The molecule has 76 valence electrons. The van der Waals surface area contributed by atoms with Gasteiger partial charge >= 0.3 is 5.97 Å². The first-order valence-corrected chi connectivity index (χ1v) is 4.03. The number of ether oxygens (including phenoxy) is 2. The Morgan fingerprint density at radius 1 is 1.31 bits per heavy atom. The third-order valence-electron chi connectivity index (χ3n) is 1.38. The smallest absolute Gasteiger partial charge is 0.315 e. The predicted octanol–water partition coefficient (Wildman–Crippen LogP) is -0.298. The quantitative estimate of drug-likeness (QED) is 0.354. The second-order valence-corrected chi connectivity index (χ2v) is 2.45. The summed E-state index contributed by atoms with van der Waals surface area (Å²) in [6, 6.07) is 0. The van der Waals surface area contributed by atoms with Crippen molar-refractivity contribution < 1.29 is 19.1 Å². The van der Waals surface area contributed by atoms with Crippen LogP contribution in [0.15, 0.2) is 0 Å². The van der Waals surface area contributed by atoms with E-state index in [1.807, 2.05) is 0 Å². The average molecular weight is 189 g/mol. The molecule has 0 aromatic rings. The maximum atomic E-state index is 10.9. The Bertz CT molecular complexity index is 170. The van der Waals surface area contributed by atoms with Gasteiger partial charge in [-0.3, -0.25) is 9.59 Å². The second kappa shape index (κ2) is 7.54. The Kier molecular flexibility index (Phi) is 6.91. The maximum Gasteiger partial charge on any atom is 0.315 e.